The highest BCUT2D eigenvalue weighted by molar-refractivity contribution is 5.91. The van der Waals surface area contributed by atoms with Gasteiger partial charge in [-0.3, -0.25) is 0 Å². The van der Waals surface area contributed by atoms with Gasteiger partial charge < -0.3 is 4.74 Å². The zero-order chi connectivity index (χ0) is 17.5. The molecule has 0 spiro atoms. The molecule has 0 unspecified atom stereocenters. The molecule has 0 aliphatic carbocycles. The first-order valence-electron chi connectivity index (χ1n) is 7.36. The molecule has 5 heteroatoms. The highest BCUT2D eigenvalue weighted by Crippen LogP contribution is 2.19. The van der Waals surface area contributed by atoms with Crippen LogP contribution < -0.4 is 4.74 Å². The Balaban J connectivity index is 2.12. The molecular formula is C19H15F2NO2. The fourth-order valence-corrected chi connectivity index (χ4v) is 2.11. The molecule has 2 rings (SSSR count). The van der Waals surface area contributed by atoms with Crippen LogP contribution in [-0.2, 0) is 6.42 Å². The second-order valence-corrected chi connectivity index (χ2v) is 5.06. The Kier molecular flexibility index (Phi) is 5.80. The van der Waals surface area contributed by atoms with Gasteiger partial charge in [0, 0.05) is 6.07 Å². The minimum absolute atomic E-state index is 0.0898. The Bertz CT molecular complexity index is 823. The van der Waals surface area contributed by atoms with Crippen LogP contribution in [0.5, 0.6) is 5.75 Å². The number of carbonyl (C=O) groups is 1. The Labute approximate surface area is 138 Å². The molecule has 0 bridgehead atoms. The van der Waals surface area contributed by atoms with Crippen LogP contribution in [0.3, 0.4) is 0 Å². The second kappa shape index (κ2) is 8.02. The van der Waals surface area contributed by atoms with Crippen LogP contribution in [-0.4, -0.2) is 5.97 Å². The molecule has 0 amide bonds. The number of nitrogens with zero attached hydrogens (tertiary/aromatic N) is 1. The lowest BCUT2D eigenvalue weighted by Crippen LogP contribution is -2.11. The average Bonchev–Trinajstić information content (AvgIpc) is 2.55. The van der Waals surface area contributed by atoms with E-state index in [0.717, 1.165) is 18.1 Å². The number of ether oxygens (including phenoxy) is 1. The highest BCUT2D eigenvalue weighted by Gasteiger charge is 2.15. The first-order valence-corrected chi connectivity index (χ1v) is 7.36. The molecule has 24 heavy (non-hydrogen) atoms. The minimum atomic E-state index is -0.920. The molecule has 0 heterocycles. The monoisotopic (exact) mass is 327 g/mol. The van der Waals surface area contributed by atoms with E-state index in [0.29, 0.717) is 6.42 Å². The summed E-state index contributed by atoms with van der Waals surface area (Å²) in [7, 11) is 0. The summed E-state index contributed by atoms with van der Waals surface area (Å²) in [6.45, 7) is 1.91. The maximum absolute atomic E-state index is 14.1. The summed E-state index contributed by atoms with van der Waals surface area (Å²) >= 11 is 0. The molecule has 0 fully saturated rings. The number of halogens is 2. The van der Waals surface area contributed by atoms with Crippen LogP contribution >= 0.6 is 0 Å². The maximum Gasteiger partial charge on any atom is 0.346 e. The van der Waals surface area contributed by atoms with Crippen LogP contribution in [0, 0.1) is 23.0 Å². The number of carbonyl (C=O) groups excluding carboxylic acids is 1. The van der Waals surface area contributed by atoms with Crippen molar-refractivity contribution < 1.29 is 18.3 Å². The number of aryl methyl sites for hydroxylation is 1. The molecule has 0 saturated carbocycles. The van der Waals surface area contributed by atoms with Gasteiger partial charge >= 0.3 is 5.97 Å². The third kappa shape index (κ3) is 4.26. The van der Waals surface area contributed by atoms with Crippen molar-refractivity contribution in [1.29, 1.82) is 5.26 Å². The lowest BCUT2D eigenvalue weighted by atomic mass is 10.1. The number of rotatable bonds is 5. The molecule has 2 aromatic rings. The van der Waals surface area contributed by atoms with E-state index < -0.39 is 17.6 Å². The van der Waals surface area contributed by atoms with Gasteiger partial charge in [0.2, 0.25) is 0 Å². The fraction of sp³-hybridized carbons (Fsp3) is 0.158. The van der Waals surface area contributed by atoms with E-state index in [1.165, 1.54) is 24.3 Å². The Morgan fingerprint density at radius 1 is 1.21 bits per heavy atom. The molecule has 122 valence electrons. The lowest BCUT2D eigenvalue weighted by molar-refractivity contribution is 0.0729. The van der Waals surface area contributed by atoms with Crippen molar-refractivity contribution in [2.75, 3.05) is 0 Å². The van der Waals surface area contributed by atoms with Gasteiger partial charge in [-0.05, 0) is 49.6 Å². The molecule has 0 N–H and O–H groups in total. The van der Waals surface area contributed by atoms with Gasteiger partial charge in [-0.15, -0.1) is 0 Å². The summed E-state index contributed by atoms with van der Waals surface area (Å²) in [5.74, 6) is -2.50. The van der Waals surface area contributed by atoms with Crippen molar-refractivity contribution in [3.63, 3.8) is 0 Å². The molecule has 3 nitrogen and oxygen atoms in total. The van der Waals surface area contributed by atoms with Crippen molar-refractivity contribution in [2.24, 2.45) is 0 Å². The topological polar surface area (TPSA) is 50.1 Å². The summed E-state index contributed by atoms with van der Waals surface area (Å²) in [5, 5.41) is 8.66. The first-order chi connectivity index (χ1) is 11.5. The summed E-state index contributed by atoms with van der Waals surface area (Å²) in [5.41, 5.74) is 0.382. The fourth-order valence-electron chi connectivity index (χ4n) is 2.11. The Hall–Kier alpha value is -3.00. The number of allylic oxidation sites excluding steroid dienone is 2. The van der Waals surface area contributed by atoms with Gasteiger partial charge in [0.1, 0.15) is 23.5 Å². The smallest absolute Gasteiger partial charge is 0.346 e. The maximum atomic E-state index is 14.1. The van der Waals surface area contributed by atoms with Gasteiger partial charge in [-0.25, -0.2) is 13.6 Å². The zero-order valence-electron chi connectivity index (χ0n) is 13.1. The van der Waals surface area contributed by atoms with Crippen molar-refractivity contribution in [3.05, 3.63) is 76.9 Å². The molecule has 0 aromatic heterocycles. The number of nitriles is 1. The SMILES string of the molecule is CC=CCCc1ccc(C(=O)Oc2ccc(C#N)c(F)c2)c(F)c1. The molecule has 0 saturated heterocycles. The zero-order valence-corrected chi connectivity index (χ0v) is 13.1. The van der Waals surface area contributed by atoms with Gasteiger partial charge in [-0.1, -0.05) is 18.2 Å². The van der Waals surface area contributed by atoms with Gasteiger partial charge in [0.15, 0.2) is 0 Å². The lowest BCUT2D eigenvalue weighted by Gasteiger charge is -2.07. The van der Waals surface area contributed by atoms with E-state index in [1.54, 1.807) is 12.1 Å². The van der Waals surface area contributed by atoms with Crippen molar-refractivity contribution in [2.45, 2.75) is 19.8 Å². The van der Waals surface area contributed by atoms with Crippen molar-refractivity contribution in [1.82, 2.24) is 0 Å². The summed E-state index contributed by atoms with van der Waals surface area (Å²) in [4.78, 5) is 12.0. The predicted octanol–water partition coefficient (Wildman–Crippen LogP) is 4.56. The number of hydrogen-bond donors (Lipinski definition) is 0. The van der Waals surface area contributed by atoms with E-state index in [1.807, 2.05) is 19.1 Å². The quantitative estimate of drug-likeness (QED) is 0.459. The van der Waals surface area contributed by atoms with Gasteiger partial charge in [0.05, 0.1) is 11.1 Å². The number of esters is 1. The third-order valence-corrected chi connectivity index (χ3v) is 3.36. The molecule has 0 aliphatic heterocycles. The highest BCUT2D eigenvalue weighted by atomic mass is 19.1. The van der Waals surface area contributed by atoms with Crippen LogP contribution in [0.15, 0.2) is 48.6 Å². The molecule has 0 radical (unpaired) electrons. The van der Waals surface area contributed by atoms with Crippen LogP contribution in [0.25, 0.3) is 0 Å². The van der Waals surface area contributed by atoms with Gasteiger partial charge in [0.25, 0.3) is 0 Å². The molecular weight excluding hydrogens is 312 g/mol. The largest absolute Gasteiger partial charge is 0.423 e. The third-order valence-electron chi connectivity index (χ3n) is 3.36. The Morgan fingerprint density at radius 3 is 2.62 bits per heavy atom. The average molecular weight is 327 g/mol. The van der Waals surface area contributed by atoms with Crippen LogP contribution in [0.2, 0.25) is 0 Å². The Morgan fingerprint density at radius 2 is 2.00 bits per heavy atom. The van der Waals surface area contributed by atoms with E-state index in [4.69, 9.17) is 10.00 Å². The normalized spacial score (nSPS) is 10.6. The number of hydrogen-bond acceptors (Lipinski definition) is 3. The van der Waals surface area contributed by atoms with E-state index in [9.17, 15) is 13.6 Å². The number of benzene rings is 2. The molecule has 0 aliphatic rings. The van der Waals surface area contributed by atoms with Crippen molar-refractivity contribution >= 4 is 5.97 Å². The van der Waals surface area contributed by atoms with E-state index in [2.05, 4.69) is 0 Å². The van der Waals surface area contributed by atoms with E-state index in [-0.39, 0.29) is 16.9 Å². The first kappa shape index (κ1) is 17.4. The van der Waals surface area contributed by atoms with Crippen LogP contribution in [0.1, 0.15) is 34.8 Å². The van der Waals surface area contributed by atoms with Crippen LogP contribution in [0.4, 0.5) is 8.78 Å². The molecule has 0 atom stereocenters. The van der Waals surface area contributed by atoms with E-state index >= 15 is 0 Å². The van der Waals surface area contributed by atoms with Crippen molar-refractivity contribution in [3.8, 4) is 11.8 Å². The predicted molar refractivity (Wildman–Crippen MR) is 85.6 cm³/mol. The summed E-state index contributed by atoms with van der Waals surface area (Å²) < 4.78 is 32.5. The standard InChI is InChI=1S/C19H15F2NO2/c1-2-3-4-5-13-6-9-16(18(21)10-13)19(23)24-15-8-7-14(12-22)17(20)11-15/h2-3,6-11H,4-5H2,1H3. The summed E-state index contributed by atoms with van der Waals surface area (Å²) in [6.07, 6.45) is 5.33. The van der Waals surface area contributed by atoms with Gasteiger partial charge in [-0.2, -0.15) is 5.26 Å². The second-order valence-electron chi connectivity index (χ2n) is 5.06. The minimum Gasteiger partial charge on any atom is -0.423 e. The summed E-state index contributed by atoms with van der Waals surface area (Å²) in [6, 6.07) is 9.35. The molecule has 2 aromatic carbocycles.